The van der Waals surface area contributed by atoms with Gasteiger partial charge in [0.2, 0.25) is 10.0 Å². The maximum absolute atomic E-state index is 12.4. The number of anilines is 1. The highest BCUT2D eigenvalue weighted by Crippen LogP contribution is 2.31. The summed E-state index contributed by atoms with van der Waals surface area (Å²) in [5, 5.41) is 9.10. The number of sulfonamides is 1. The normalized spacial score (nSPS) is 13.1. The molecule has 140 valence electrons. The molecule has 1 aliphatic rings. The van der Waals surface area contributed by atoms with Crippen LogP contribution in [0.5, 0.6) is 5.75 Å². The molecule has 0 fully saturated rings. The van der Waals surface area contributed by atoms with Crippen molar-refractivity contribution in [3.63, 3.8) is 0 Å². The smallest absolute Gasteiger partial charge is 0.234 e. The minimum atomic E-state index is -3.32. The van der Waals surface area contributed by atoms with Crippen molar-refractivity contribution in [2.75, 3.05) is 23.2 Å². The van der Waals surface area contributed by atoms with Crippen LogP contribution >= 0.6 is 11.6 Å². The molecule has 2 aromatic rings. The second-order valence-corrected chi connectivity index (χ2v) is 8.62. The Morgan fingerprint density at radius 1 is 1.30 bits per heavy atom. The van der Waals surface area contributed by atoms with Crippen LogP contribution in [0.2, 0.25) is 5.02 Å². The molecule has 0 aromatic heterocycles. The molecule has 0 saturated heterocycles. The van der Waals surface area contributed by atoms with Gasteiger partial charge in [-0.25, -0.2) is 8.42 Å². The second-order valence-electron chi connectivity index (χ2n) is 6.04. The molecule has 0 spiro atoms. The number of nitrogens with zero attached hydrogens (tertiary/aromatic N) is 2. The van der Waals surface area contributed by atoms with Gasteiger partial charge in [-0.1, -0.05) is 11.6 Å². The summed E-state index contributed by atoms with van der Waals surface area (Å²) in [4.78, 5) is 12.4. The molecule has 2 aromatic carbocycles. The van der Waals surface area contributed by atoms with Crippen LogP contribution in [0.1, 0.15) is 28.4 Å². The number of nitriles is 1. The highest BCUT2D eigenvalue weighted by molar-refractivity contribution is 7.92. The number of carbonyl (C=O) groups excluding carboxylic acids is 1. The number of rotatable bonds is 6. The molecule has 8 heteroatoms. The summed E-state index contributed by atoms with van der Waals surface area (Å²) in [6.45, 7) is 1.79. The maximum Gasteiger partial charge on any atom is 0.234 e. The Morgan fingerprint density at radius 2 is 2.07 bits per heavy atom. The number of benzene rings is 2. The first-order valence-electron chi connectivity index (χ1n) is 8.34. The van der Waals surface area contributed by atoms with Crippen LogP contribution < -0.4 is 9.04 Å². The predicted octanol–water partition coefficient (Wildman–Crippen LogP) is 3.19. The van der Waals surface area contributed by atoms with Crippen molar-refractivity contribution < 1.29 is 17.9 Å². The summed E-state index contributed by atoms with van der Waals surface area (Å²) >= 11 is 6.04. The molecule has 0 saturated carbocycles. The lowest BCUT2D eigenvalue weighted by Crippen LogP contribution is -2.30. The van der Waals surface area contributed by atoms with Crippen molar-refractivity contribution in [1.29, 1.82) is 5.26 Å². The summed E-state index contributed by atoms with van der Waals surface area (Å²) < 4.78 is 31.1. The fourth-order valence-electron chi connectivity index (χ4n) is 2.90. The Kier molecular flexibility index (Phi) is 5.40. The third kappa shape index (κ3) is 3.92. The summed E-state index contributed by atoms with van der Waals surface area (Å²) in [7, 11) is -3.32. The number of ketones is 1. The zero-order chi connectivity index (χ0) is 19.6. The van der Waals surface area contributed by atoms with E-state index in [-0.39, 0.29) is 23.2 Å². The first kappa shape index (κ1) is 19.2. The van der Waals surface area contributed by atoms with Gasteiger partial charge in [-0.15, -0.1) is 0 Å². The third-order valence-electron chi connectivity index (χ3n) is 4.37. The van der Waals surface area contributed by atoms with E-state index in [0.717, 1.165) is 5.56 Å². The van der Waals surface area contributed by atoms with Gasteiger partial charge >= 0.3 is 0 Å². The van der Waals surface area contributed by atoms with Crippen LogP contribution in [0, 0.1) is 11.3 Å². The number of hydrogen-bond donors (Lipinski definition) is 0. The fraction of sp³-hybridized carbons (Fsp3) is 0.263. The Bertz CT molecular complexity index is 1040. The highest BCUT2D eigenvalue weighted by atomic mass is 35.5. The lowest BCUT2D eigenvalue weighted by atomic mass is 10.1. The summed E-state index contributed by atoms with van der Waals surface area (Å²) in [5.74, 6) is 0.118. The molecule has 0 N–H and O–H groups in total. The predicted molar refractivity (Wildman–Crippen MR) is 103 cm³/mol. The van der Waals surface area contributed by atoms with Crippen molar-refractivity contribution >= 4 is 33.1 Å². The number of Topliss-reactive ketones (excluding diaryl/α,β-unsaturated/α-hetero) is 1. The Hall–Kier alpha value is -2.56. The van der Waals surface area contributed by atoms with Crippen LogP contribution in [-0.2, 0) is 16.4 Å². The number of hydrogen-bond acceptors (Lipinski definition) is 5. The molecule has 6 nitrogen and oxygen atoms in total. The standard InChI is InChI=1S/C19H17ClN2O4S/c1-2-27(24,25)22-8-7-14-10-15(4-5-17(14)22)18(23)12-26-19-6-3-13(11-21)9-16(19)20/h3-6,9-10H,2,7-8,12H2,1H3. The minimum absolute atomic E-state index is 0.0340. The van der Waals surface area contributed by atoms with E-state index in [1.807, 2.05) is 6.07 Å². The summed E-state index contributed by atoms with van der Waals surface area (Å²) in [6, 6.07) is 11.5. The van der Waals surface area contributed by atoms with Gasteiger partial charge in [0.25, 0.3) is 0 Å². The highest BCUT2D eigenvalue weighted by Gasteiger charge is 2.28. The van der Waals surface area contributed by atoms with Gasteiger partial charge in [-0.05, 0) is 55.3 Å². The van der Waals surface area contributed by atoms with Gasteiger partial charge in [-0.3, -0.25) is 9.10 Å². The van der Waals surface area contributed by atoms with Gasteiger partial charge in [-0.2, -0.15) is 5.26 Å². The van der Waals surface area contributed by atoms with Crippen molar-refractivity contribution in [3.8, 4) is 11.8 Å². The van der Waals surface area contributed by atoms with Crippen LogP contribution in [0.15, 0.2) is 36.4 Å². The molecule has 0 aliphatic carbocycles. The van der Waals surface area contributed by atoms with Crippen molar-refractivity contribution in [1.82, 2.24) is 0 Å². The average Bonchev–Trinajstić information content (AvgIpc) is 3.10. The quantitative estimate of drug-likeness (QED) is 0.690. The fourth-order valence-corrected chi connectivity index (χ4v) is 4.30. The van der Waals surface area contributed by atoms with E-state index >= 15 is 0 Å². The zero-order valence-corrected chi connectivity index (χ0v) is 16.2. The first-order chi connectivity index (χ1) is 12.9. The van der Waals surface area contributed by atoms with Gasteiger partial charge in [0, 0.05) is 12.1 Å². The van der Waals surface area contributed by atoms with Gasteiger partial charge in [0.1, 0.15) is 5.75 Å². The molecular formula is C19H17ClN2O4S. The van der Waals surface area contributed by atoms with Crippen LogP contribution in [0.4, 0.5) is 5.69 Å². The maximum atomic E-state index is 12.4. The van der Waals surface area contributed by atoms with Gasteiger partial charge in [0.15, 0.2) is 12.4 Å². The SMILES string of the molecule is CCS(=O)(=O)N1CCc2cc(C(=O)COc3ccc(C#N)cc3Cl)ccc21. The van der Waals surface area contributed by atoms with Crippen LogP contribution in [0.3, 0.4) is 0 Å². The van der Waals surface area contributed by atoms with E-state index < -0.39 is 10.0 Å². The lowest BCUT2D eigenvalue weighted by molar-refractivity contribution is 0.0921. The molecule has 3 rings (SSSR count). The third-order valence-corrected chi connectivity index (χ3v) is 6.45. The molecule has 0 radical (unpaired) electrons. The molecule has 0 atom stereocenters. The van der Waals surface area contributed by atoms with E-state index in [0.29, 0.717) is 35.5 Å². The molecular weight excluding hydrogens is 388 g/mol. The van der Waals surface area contributed by atoms with Gasteiger partial charge < -0.3 is 4.74 Å². The van der Waals surface area contributed by atoms with E-state index in [2.05, 4.69) is 0 Å². The Morgan fingerprint density at radius 3 is 2.74 bits per heavy atom. The monoisotopic (exact) mass is 404 g/mol. The van der Waals surface area contributed by atoms with Crippen molar-refractivity contribution in [2.45, 2.75) is 13.3 Å². The largest absolute Gasteiger partial charge is 0.484 e. The number of halogens is 1. The Balaban J connectivity index is 1.73. The van der Waals surface area contributed by atoms with E-state index in [9.17, 15) is 13.2 Å². The molecule has 1 aliphatic heterocycles. The lowest BCUT2D eigenvalue weighted by Gasteiger charge is -2.18. The number of carbonyl (C=O) groups is 1. The van der Waals surface area contributed by atoms with Crippen molar-refractivity contribution in [3.05, 3.63) is 58.1 Å². The van der Waals surface area contributed by atoms with Crippen LogP contribution in [0.25, 0.3) is 0 Å². The molecule has 0 unspecified atom stereocenters. The number of fused-ring (bicyclic) bond motifs is 1. The van der Waals surface area contributed by atoms with Crippen molar-refractivity contribution in [2.24, 2.45) is 0 Å². The first-order valence-corrected chi connectivity index (χ1v) is 10.3. The second kappa shape index (κ2) is 7.59. The molecule has 1 heterocycles. The average molecular weight is 405 g/mol. The van der Waals surface area contributed by atoms with Gasteiger partial charge in [0.05, 0.1) is 28.1 Å². The minimum Gasteiger partial charge on any atom is -0.484 e. The van der Waals surface area contributed by atoms with E-state index in [1.54, 1.807) is 37.3 Å². The molecule has 0 bridgehead atoms. The summed E-state index contributed by atoms with van der Waals surface area (Å²) in [6.07, 6.45) is 0.567. The topological polar surface area (TPSA) is 87.5 Å². The Labute approximate surface area is 163 Å². The van der Waals surface area contributed by atoms with E-state index in [4.69, 9.17) is 21.6 Å². The van der Waals surface area contributed by atoms with E-state index in [1.165, 1.54) is 10.4 Å². The van der Waals surface area contributed by atoms with Crippen LogP contribution in [-0.4, -0.2) is 33.1 Å². The zero-order valence-electron chi connectivity index (χ0n) is 14.6. The number of ether oxygens (including phenoxy) is 1. The molecule has 0 amide bonds. The molecule has 27 heavy (non-hydrogen) atoms. The summed E-state index contributed by atoms with van der Waals surface area (Å²) in [5.41, 5.74) is 2.32.